The van der Waals surface area contributed by atoms with Crippen LogP contribution in [0.15, 0.2) is 12.3 Å². The van der Waals surface area contributed by atoms with Crippen molar-refractivity contribution in [3.8, 4) is 6.07 Å². The summed E-state index contributed by atoms with van der Waals surface area (Å²) < 4.78 is 0. The first kappa shape index (κ1) is 12.3. The third-order valence-electron chi connectivity index (χ3n) is 2.35. The molecule has 0 aromatic carbocycles. The zero-order chi connectivity index (χ0) is 11.8. The molecule has 86 valence electrons. The summed E-state index contributed by atoms with van der Waals surface area (Å²) in [5, 5.41) is 12.1. The van der Waals surface area contributed by atoms with Gasteiger partial charge in [-0.25, -0.2) is 4.98 Å². The van der Waals surface area contributed by atoms with Crippen molar-refractivity contribution >= 4 is 11.5 Å². The van der Waals surface area contributed by atoms with Gasteiger partial charge < -0.3 is 11.1 Å². The highest BCUT2D eigenvalue weighted by Crippen LogP contribution is 2.14. The van der Waals surface area contributed by atoms with E-state index in [1.807, 2.05) is 0 Å². The van der Waals surface area contributed by atoms with E-state index in [9.17, 15) is 0 Å². The van der Waals surface area contributed by atoms with Crippen LogP contribution in [-0.4, -0.2) is 11.5 Å². The summed E-state index contributed by atoms with van der Waals surface area (Å²) in [7, 11) is 0. The summed E-state index contributed by atoms with van der Waals surface area (Å²) >= 11 is 0. The predicted molar refractivity (Wildman–Crippen MR) is 66.0 cm³/mol. The highest BCUT2D eigenvalue weighted by molar-refractivity contribution is 5.57. The normalized spacial score (nSPS) is 9.75. The number of nitrogens with one attached hydrogen (secondary N) is 1. The number of nitriles is 1. The van der Waals surface area contributed by atoms with Crippen LogP contribution in [0.4, 0.5) is 11.5 Å². The molecule has 0 saturated carbocycles. The maximum Gasteiger partial charge on any atom is 0.144 e. The third-order valence-corrected chi connectivity index (χ3v) is 2.35. The monoisotopic (exact) mass is 218 g/mol. The van der Waals surface area contributed by atoms with Crippen molar-refractivity contribution in [3.05, 3.63) is 17.8 Å². The number of hydrogen-bond donors (Lipinski definition) is 2. The number of nitrogen functional groups attached to an aromatic ring is 1. The smallest absolute Gasteiger partial charge is 0.144 e. The van der Waals surface area contributed by atoms with Crippen LogP contribution in [0.3, 0.4) is 0 Å². The molecule has 1 heterocycles. The lowest BCUT2D eigenvalue weighted by Crippen LogP contribution is -2.05. The van der Waals surface area contributed by atoms with Crippen molar-refractivity contribution in [1.82, 2.24) is 4.98 Å². The first-order valence-corrected chi connectivity index (χ1v) is 5.67. The SMILES string of the molecule is CCCCCCNc1ncc(N)cc1C#N. The Balaban J connectivity index is 2.45. The van der Waals surface area contributed by atoms with Crippen LogP contribution in [0.25, 0.3) is 0 Å². The van der Waals surface area contributed by atoms with Crippen molar-refractivity contribution in [2.24, 2.45) is 0 Å². The lowest BCUT2D eigenvalue weighted by Gasteiger charge is -2.07. The molecule has 0 amide bonds. The molecule has 4 nitrogen and oxygen atoms in total. The van der Waals surface area contributed by atoms with E-state index < -0.39 is 0 Å². The Morgan fingerprint density at radius 2 is 2.25 bits per heavy atom. The number of nitrogens with two attached hydrogens (primary N) is 1. The molecule has 0 fully saturated rings. The lowest BCUT2D eigenvalue weighted by molar-refractivity contribution is 0.684. The number of unbranched alkanes of at least 4 members (excludes halogenated alkanes) is 3. The minimum absolute atomic E-state index is 0.510. The largest absolute Gasteiger partial charge is 0.397 e. The number of pyridine rings is 1. The zero-order valence-electron chi connectivity index (χ0n) is 9.66. The quantitative estimate of drug-likeness (QED) is 0.719. The Kier molecular flexibility index (Phi) is 5.13. The molecule has 1 rings (SSSR count). The molecule has 3 N–H and O–H groups in total. The van der Waals surface area contributed by atoms with E-state index in [-0.39, 0.29) is 0 Å². The van der Waals surface area contributed by atoms with Crippen LogP contribution in [0.2, 0.25) is 0 Å². The van der Waals surface area contributed by atoms with E-state index in [4.69, 9.17) is 11.0 Å². The molecule has 1 aromatic heterocycles. The fraction of sp³-hybridized carbons (Fsp3) is 0.500. The van der Waals surface area contributed by atoms with Gasteiger partial charge in [0.1, 0.15) is 11.9 Å². The van der Waals surface area contributed by atoms with E-state index in [1.54, 1.807) is 12.3 Å². The second-order valence-electron chi connectivity index (χ2n) is 3.76. The van der Waals surface area contributed by atoms with Gasteiger partial charge in [-0.2, -0.15) is 5.26 Å². The zero-order valence-corrected chi connectivity index (χ0v) is 9.66. The fourth-order valence-corrected chi connectivity index (χ4v) is 1.47. The van der Waals surface area contributed by atoms with Gasteiger partial charge in [-0.05, 0) is 12.5 Å². The van der Waals surface area contributed by atoms with Gasteiger partial charge in [0.15, 0.2) is 0 Å². The maximum atomic E-state index is 8.90. The lowest BCUT2D eigenvalue weighted by atomic mass is 10.2. The van der Waals surface area contributed by atoms with Crippen LogP contribution in [0, 0.1) is 11.3 Å². The second-order valence-corrected chi connectivity index (χ2v) is 3.76. The summed E-state index contributed by atoms with van der Waals surface area (Å²) in [4.78, 5) is 4.11. The van der Waals surface area contributed by atoms with Gasteiger partial charge in [0.2, 0.25) is 0 Å². The number of hydrogen-bond acceptors (Lipinski definition) is 4. The van der Waals surface area contributed by atoms with Crippen molar-refractivity contribution in [3.63, 3.8) is 0 Å². The molecule has 0 unspecified atom stereocenters. The Morgan fingerprint density at radius 1 is 1.44 bits per heavy atom. The molecular formula is C12H18N4. The van der Waals surface area contributed by atoms with Crippen molar-refractivity contribution < 1.29 is 0 Å². The highest BCUT2D eigenvalue weighted by Gasteiger charge is 2.02. The molecule has 0 atom stereocenters. The molecule has 16 heavy (non-hydrogen) atoms. The van der Waals surface area contributed by atoms with Crippen LogP contribution >= 0.6 is 0 Å². The van der Waals surface area contributed by atoms with Gasteiger partial charge in [-0.15, -0.1) is 0 Å². The van der Waals surface area contributed by atoms with Gasteiger partial charge in [-0.1, -0.05) is 26.2 Å². The third kappa shape index (κ3) is 3.77. The van der Waals surface area contributed by atoms with Gasteiger partial charge in [-0.3, -0.25) is 0 Å². The Hall–Kier alpha value is -1.76. The fourth-order valence-electron chi connectivity index (χ4n) is 1.47. The van der Waals surface area contributed by atoms with Gasteiger partial charge in [0.25, 0.3) is 0 Å². The van der Waals surface area contributed by atoms with Crippen LogP contribution in [-0.2, 0) is 0 Å². The number of aromatic nitrogens is 1. The maximum absolute atomic E-state index is 8.90. The molecule has 0 spiro atoms. The Bertz CT molecular complexity index is 368. The van der Waals surface area contributed by atoms with E-state index in [2.05, 4.69) is 23.3 Å². The average molecular weight is 218 g/mol. The minimum Gasteiger partial charge on any atom is -0.397 e. The summed E-state index contributed by atoms with van der Waals surface area (Å²) in [5.41, 5.74) is 6.59. The van der Waals surface area contributed by atoms with Crippen molar-refractivity contribution in [2.45, 2.75) is 32.6 Å². The molecule has 0 aliphatic rings. The molecule has 1 aromatic rings. The first-order chi connectivity index (χ1) is 7.77. The van der Waals surface area contributed by atoms with Crippen LogP contribution < -0.4 is 11.1 Å². The van der Waals surface area contributed by atoms with Crippen LogP contribution in [0.1, 0.15) is 38.2 Å². The molecule has 0 saturated heterocycles. The Morgan fingerprint density at radius 3 is 2.94 bits per heavy atom. The van der Waals surface area contributed by atoms with Gasteiger partial charge in [0.05, 0.1) is 17.4 Å². The first-order valence-electron chi connectivity index (χ1n) is 5.67. The number of anilines is 2. The molecule has 0 bridgehead atoms. The highest BCUT2D eigenvalue weighted by atomic mass is 15.0. The number of nitrogens with zero attached hydrogens (tertiary/aromatic N) is 2. The topological polar surface area (TPSA) is 74.7 Å². The summed E-state index contributed by atoms with van der Waals surface area (Å²) in [6.45, 7) is 3.04. The summed E-state index contributed by atoms with van der Waals surface area (Å²) in [6, 6.07) is 3.72. The molecule has 0 aliphatic heterocycles. The van der Waals surface area contributed by atoms with E-state index >= 15 is 0 Å². The van der Waals surface area contributed by atoms with E-state index in [0.717, 1.165) is 13.0 Å². The predicted octanol–water partition coefficient (Wildman–Crippen LogP) is 2.53. The Labute approximate surface area is 96.5 Å². The standard InChI is InChI=1S/C12H18N4/c1-2-3-4-5-6-15-12-10(8-13)7-11(14)9-16-12/h7,9H,2-6,14H2,1H3,(H,15,16). The van der Waals surface area contributed by atoms with Crippen LogP contribution in [0.5, 0.6) is 0 Å². The van der Waals surface area contributed by atoms with Crippen molar-refractivity contribution in [1.29, 1.82) is 5.26 Å². The minimum atomic E-state index is 0.510. The van der Waals surface area contributed by atoms with E-state index in [1.165, 1.54) is 19.3 Å². The van der Waals surface area contributed by atoms with E-state index in [0.29, 0.717) is 17.1 Å². The molecular weight excluding hydrogens is 200 g/mol. The second kappa shape index (κ2) is 6.67. The number of rotatable bonds is 6. The van der Waals surface area contributed by atoms with Gasteiger partial charge >= 0.3 is 0 Å². The molecule has 0 radical (unpaired) electrons. The molecule has 0 aliphatic carbocycles. The molecule has 4 heteroatoms. The summed E-state index contributed by atoms with van der Waals surface area (Å²) in [5.74, 6) is 0.633. The average Bonchev–Trinajstić information content (AvgIpc) is 2.30. The van der Waals surface area contributed by atoms with Crippen molar-refractivity contribution in [2.75, 3.05) is 17.6 Å². The summed E-state index contributed by atoms with van der Waals surface area (Å²) in [6.07, 6.45) is 6.35. The van der Waals surface area contributed by atoms with Gasteiger partial charge in [0, 0.05) is 6.54 Å².